The van der Waals surface area contributed by atoms with Crippen LogP contribution in [0.25, 0.3) is 0 Å². The highest BCUT2D eigenvalue weighted by atomic mass is 16.6. The van der Waals surface area contributed by atoms with Gasteiger partial charge in [-0.1, -0.05) is 201 Å². The molecule has 46 heavy (non-hydrogen) atoms. The summed E-state index contributed by atoms with van der Waals surface area (Å²) in [6, 6.07) is 0. The molecule has 0 aliphatic rings. The van der Waals surface area contributed by atoms with Gasteiger partial charge in [-0.05, 0) is 18.8 Å². The van der Waals surface area contributed by atoms with Gasteiger partial charge in [0, 0.05) is 12.8 Å². The molecule has 0 saturated carbocycles. The number of aliphatic hydroxyl groups is 1. The number of esters is 2. The third-order valence-electron chi connectivity index (χ3n) is 9.27. The van der Waals surface area contributed by atoms with Gasteiger partial charge in [0.25, 0.3) is 0 Å². The number of rotatable bonds is 37. The van der Waals surface area contributed by atoms with Crippen molar-refractivity contribution in [3.05, 3.63) is 0 Å². The number of carbonyl (C=O) groups excluding carboxylic acids is 2. The quantitative estimate of drug-likeness (QED) is 0.0534. The summed E-state index contributed by atoms with van der Waals surface area (Å²) >= 11 is 0. The van der Waals surface area contributed by atoms with Crippen LogP contribution in [0.15, 0.2) is 0 Å². The van der Waals surface area contributed by atoms with E-state index in [-0.39, 0.29) is 25.2 Å². The van der Waals surface area contributed by atoms with E-state index in [2.05, 4.69) is 20.8 Å². The molecule has 0 bridgehead atoms. The Balaban J connectivity index is 3.37. The minimum Gasteiger partial charge on any atom is -0.463 e. The topological polar surface area (TPSA) is 72.8 Å². The molecule has 0 fully saturated rings. The van der Waals surface area contributed by atoms with Crippen LogP contribution >= 0.6 is 0 Å². The first-order valence-corrected chi connectivity index (χ1v) is 20.4. The molecule has 5 nitrogen and oxygen atoms in total. The van der Waals surface area contributed by atoms with Crippen molar-refractivity contribution in [1.82, 2.24) is 0 Å². The molecule has 0 aliphatic carbocycles. The molecule has 1 atom stereocenters. The Morgan fingerprint density at radius 2 is 0.696 bits per heavy atom. The van der Waals surface area contributed by atoms with Gasteiger partial charge in [0.05, 0.1) is 0 Å². The number of carbonyl (C=O) groups is 2. The normalized spacial score (nSPS) is 12.1. The van der Waals surface area contributed by atoms with E-state index in [1.54, 1.807) is 0 Å². The Bertz CT molecular complexity index is 634. The fourth-order valence-electron chi connectivity index (χ4n) is 6.15. The van der Waals surface area contributed by atoms with Gasteiger partial charge in [-0.3, -0.25) is 9.59 Å². The van der Waals surface area contributed by atoms with Gasteiger partial charge in [0.1, 0.15) is 19.3 Å². The largest absolute Gasteiger partial charge is 0.463 e. The van der Waals surface area contributed by atoms with Gasteiger partial charge in [-0.2, -0.15) is 0 Å². The summed E-state index contributed by atoms with van der Waals surface area (Å²) < 4.78 is 10.3. The lowest BCUT2D eigenvalue weighted by Crippen LogP contribution is -2.25. The Morgan fingerprint density at radius 3 is 0.978 bits per heavy atom. The second-order valence-electron chi connectivity index (χ2n) is 14.6. The van der Waals surface area contributed by atoms with Crippen molar-refractivity contribution in [2.45, 2.75) is 232 Å². The molecule has 0 spiro atoms. The summed E-state index contributed by atoms with van der Waals surface area (Å²) in [6.45, 7) is 6.69. The average molecular weight is 653 g/mol. The zero-order valence-corrected chi connectivity index (χ0v) is 31.3. The van der Waals surface area contributed by atoms with Gasteiger partial charge in [-0.15, -0.1) is 0 Å². The Morgan fingerprint density at radius 1 is 0.435 bits per heavy atom. The Kier molecular flexibility index (Phi) is 35.9. The second-order valence-corrected chi connectivity index (χ2v) is 14.6. The summed E-state index contributed by atoms with van der Waals surface area (Å²) in [5.74, 6) is 0.302. The van der Waals surface area contributed by atoms with E-state index in [1.165, 1.54) is 167 Å². The molecular formula is C41H80O5. The van der Waals surface area contributed by atoms with E-state index in [4.69, 9.17) is 9.47 Å². The highest BCUT2D eigenvalue weighted by Gasteiger charge is 2.12. The van der Waals surface area contributed by atoms with Crippen molar-refractivity contribution < 1.29 is 24.2 Å². The Labute approximate surface area is 287 Å². The van der Waals surface area contributed by atoms with Gasteiger partial charge in [0.15, 0.2) is 0 Å². The van der Waals surface area contributed by atoms with Crippen LogP contribution in [0, 0.1) is 5.92 Å². The molecule has 0 radical (unpaired) electrons. The zero-order chi connectivity index (χ0) is 33.8. The lowest BCUT2D eigenvalue weighted by molar-refractivity contribution is -0.152. The van der Waals surface area contributed by atoms with Gasteiger partial charge >= 0.3 is 11.9 Å². The standard InChI is InChI=1S/C41H80O5/c1-4-5-6-7-8-9-10-11-12-16-19-22-25-28-31-34-40(43)45-36-39(42)37-46-41(44)35-32-29-26-23-20-17-14-13-15-18-21-24-27-30-33-38(2)3/h38-39,42H,4-37H2,1-3H3/t39-/m1/s1. The maximum absolute atomic E-state index is 12.0. The summed E-state index contributed by atoms with van der Waals surface area (Å²) in [4.78, 5) is 23.9. The van der Waals surface area contributed by atoms with Gasteiger partial charge in [0.2, 0.25) is 0 Å². The molecule has 0 aliphatic heterocycles. The molecule has 0 saturated heterocycles. The van der Waals surface area contributed by atoms with Crippen LogP contribution in [0.3, 0.4) is 0 Å². The minimum absolute atomic E-state index is 0.108. The van der Waals surface area contributed by atoms with E-state index in [0.717, 1.165) is 31.6 Å². The molecule has 0 amide bonds. The number of unbranched alkanes of at least 4 members (excludes halogenated alkanes) is 27. The first kappa shape index (κ1) is 44.9. The van der Waals surface area contributed by atoms with Crippen LogP contribution < -0.4 is 0 Å². The van der Waals surface area contributed by atoms with E-state index in [1.807, 2.05) is 0 Å². The molecule has 1 N–H and O–H groups in total. The maximum Gasteiger partial charge on any atom is 0.305 e. The van der Waals surface area contributed by atoms with Crippen LogP contribution in [-0.2, 0) is 19.1 Å². The van der Waals surface area contributed by atoms with E-state index in [0.29, 0.717) is 12.8 Å². The average Bonchev–Trinajstić information content (AvgIpc) is 3.04. The van der Waals surface area contributed by atoms with Crippen molar-refractivity contribution >= 4 is 11.9 Å². The lowest BCUT2D eigenvalue weighted by atomic mass is 10.0. The fourth-order valence-corrected chi connectivity index (χ4v) is 6.15. The molecule has 0 aromatic rings. The van der Waals surface area contributed by atoms with Gasteiger partial charge < -0.3 is 14.6 Å². The van der Waals surface area contributed by atoms with Crippen molar-refractivity contribution in [3.63, 3.8) is 0 Å². The SMILES string of the molecule is CCCCCCCCCCCCCCCCCC(=O)OC[C@@H](O)COC(=O)CCCCCCCCCCCCCCCCC(C)C. The third kappa shape index (κ3) is 37.4. The minimum atomic E-state index is -0.955. The number of hydrogen-bond donors (Lipinski definition) is 1. The molecule has 0 rings (SSSR count). The molecule has 5 heteroatoms. The number of ether oxygens (including phenoxy) is 2. The van der Waals surface area contributed by atoms with Crippen LogP contribution in [0.5, 0.6) is 0 Å². The molecule has 274 valence electrons. The van der Waals surface area contributed by atoms with Crippen LogP contribution in [-0.4, -0.2) is 36.4 Å². The highest BCUT2D eigenvalue weighted by Crippen LogP contribution is 2.16. The van der Waals surface area contributed by atoms with Crippen molar-refractivity contribution in [1.29, 1.82) is 0 Å². The maximum atomic E-state index is 12.0. The molecular weight excluding hydrogens is 572 g/mol. The summed E-state index contributed by atoms with van der Waals surface area (Å²) in [5.41, 5.74) is 0. The van der Waals surface area contributed by atoms with E-state index < -0.39 is 6.10 Å². The molecule has 0 aromatic carbocycles. The molecule has 0 unspecified atom stereocenters. The summed E-state index contributed by atoms with van der Waals surface area (Å²) in [7, 11) is 0. The fraction of sp³-hybridized carbons (Fsp3) is 0.951. The van der Waals surface area contributed by atoms with Crippen molar-refractivity contribution in [3.8, 4) is 0 Å². The van der Waals surface area contributed by atoms with Crippen molar-refractivity contribution in [2.24, 2.45) is 5.92 Å². The molecule has 0 aromatic heterocycles. The lowest BCUT2D eigenvalue weighted by Gasteiger charge is -2.12. The first-order valence-electron chi connectivity index (χ1n) is 20.4. The second kappa shape index (κ2) is 36.7. The Hall–Kier alpha value is -1.10. The van der Waals surface area contributed by atoms with Crippen molar-refractivity contribution in [2.75, 3.05) is 13.2 Å². The van der Waals surface area contributed by atoms with E-state index in [9.17, 15) is 14.7 Å². The summed E-state index contributed by atoms with van der Waals surface area (Å²) in [6.07, 6.45) is 38.7. The molecule has 0 heterocycles. The van der Waals surface area contributed by atoms with Gasteiger partial charge in [-0.25, -0.2) is 0 Å². The zero-order valence-electron chi connectivity index (χ0n) is 31.3. The third-order valence-corrected chi connectivity index (χ3v) is 9.27. The van der Waals surface area contributed by atoms with Crippen LogP contribution in [0.2, 0.25) is 0 Å². The summed E-state index contributed by atoms with van der Waals surface area (Å²) in [5, 5.41) is 10.0. The van der Waals surface area contributed by atoms with Crippen LogP contribution in [0.1, 0.15) is 226 Å². The van der Waals surface area contributed by atoms with Crippen LogP contribution in [0.4, 0.5) is 0 Å². The highest BCUT2D eigenvalue weighted by molar-refractivity contribution is 5.69. The van der Waals surface area contributed by atoms with E-state index >= 15 is 0 Å². The number of hydrogen-bond acceptors (Lipinski definition) is 5. The monoisotopic (exact) mass is 653 g/mol. The predicted octanol–water partition coefficient (Wildman–Crippen LogP) is 12.6. The first-order chi connectivity index (χ1) is 22.5. The smallest absolute Gasteiger partial charge is 0.305 e. The number of aliphatic hydroxyl groups excluding tert-OH is 1. The predicted molar refractivity (Wildman–Crippen MR) is 196 cm³/mol.